The van der Waals surface area contributed by atoms with Crippen molar-refractivity contribution >= 4 is 33.4 Å². The molecule has 0 atom stereocenters. The molecule has 0 saturated carbocycles. The van der Waals surface area contributed by atoms with Gasteiger partial charge in [0, 0.05) is 22.4 Å². The van der Waals surface area contributed by atoms with Crippen molar-refractivity contribution in [1.82, 2.24) is 19.4 Å². The van der Waals surface area contributed by atoms with Gasteiger partial charge in [0.1, 0.15) is 11.5 Å². The molecule has 0 spiro atoms. The molecule has 3 aromatic heterocycles. The molecule has 7 heteroatoms. The summed E-state index contributed by atoms with van der Waals surface area (Å²) in [4.78, 5) is 25.6. The fraction of sp³-hybridized carbons (Fsp3) is 0.0526. The van der Waals surface area contributed by atoms with Gasteiger partial charge >= 0.3 is 0 Å². The average Bonchev–Trinajstić information content (AvgIpc) is 3.08. The molecule has 3 heterocycles. The van der Waals surface area contributed by atoms with Gasteiger partial charge in [-0.25, -0.2) is 9.97 Å². The van der Waals surface area contributed by atoms with Gasteiger partial charge in [0.15, 0.2) is 0 Å². The number of nitrogens with one attached hydrogen (secondary N) is 1. The first-order valence-corrected chi connectivity index (χ1v) is 8.75. The number of imidazole rings is 1. The minimum atomic E-state index is -0.313. The largest absolute Gasteiger partial charge is 0.305 e. The van der Waals surface area contributed by atoms with E-state index in [-0.39, 0.29) is 5.91 Å². The number of nitrogens with zero attached hydrogens (tertiary/aromatic N) is 4. The number of halogens is 1. The quantitative estimate of drug-likeness (QED) is 0.554. The number of pyridine rings is 1. The SMILES string of the molecule is Cc1nc(C(=O)Nc2ccn3cc(-c4ccccc4)nc3n2)ccc1Br. The fourth-order valence-corrected chi connectivity index (χ4v) is 2.76. The molecule has 1 aromatic carbocycles. The maximum absolute atomic E-state index is 12.4. The maximum Gasteiger partial charge on any atom is 0.275 e. The number of amides is 1. The zero-order valence-corrected chi connectivity index (χ0v) is 15.4. The van der Waals surface area contributed by atoms with Crippen LogP contribution in [-0.4, -0.2) is 25.3 Å². The number of aromatic nitrogens is 4. The minimum Gasteiger partial charge on any atom is -0.305 e. The number of benzene rings is 1. The molecule has 1 amide bonds. The predicted molar refractivity (Wildman–Crippen MR) is 103 cm³/mol. The zero-order valence-electron chi connectivity index (χ0n) is 13.8. The number of aryl methyl sites for hydroxylation is 1. The van der Waals surface area contributed by atoms with Crippen LogP contribution in [0.2, 0.25) is 0 Å². The first-order valence-electron chi connectivity index (χ1n) is 7.96. The van der Waals surface area contributed by atoms with Crippen molar-refractivity contribution in [2.45, 2.75) is 6.92 Å². The molecule has 0 bridgehead atoms. The Kier molecular flexibility index (Phi) is 4.22. The van der Waals surface area contributed by atoms with Crippen molar-refractivity contribution in [3.05, 3.63) is 76.8 Å². The van der Waals surface area contributed by atoms with E-state index in [1.165, 1.54) is 0 Å². The van der Waals surface area contributed by atoms with Crippen molar-refractivity contribution in [2.75, 3.05) is 5.32 Å². The van der Waals surface area contributed by atoms with Gasteiger partial charge in [0.25, 0.3) is 5.91 Å². The summed E-state index contributed by atoms with van der Waals surface area (Å²) in [6, 6.07) is 15.1. The molecule has 0 unspecified atom stereocenters. The molecular weight excluding hydrogens is 394 g/mol. The summed E-state index contributed by atoms with van der Waals surface area (Å²) in [6.45, 7) is 1.83. The highest BCUT2D eigenvalue weighted by molar-refractivity contribution is 9.10. The van der Waals surface area contributed by atoms with E-state index in [2.05, 4.69) is 36.2 Å². The van der Waals surface area contributed by atoms with Crippen LogP contribution in [0.5, 0.6) is 0 Å². The lowest BCUT2D eigenvalue weighted by Gasteiger charge is -2.05. The summed E-state index contributed by atoms with van der Waals surface area (Å²) in [5.74, 6) is 0.629. The molecular formula is C19H14BrN5O. The Balaban J connectivity index is 1.61. The Labute approximate surface area is 158 Å². The van der Waals surface area contributed by atoms with Gasteiger partial charge in [-0.3, -0.25) is 9.20 Å². The van der Waals surface area contributed by atoms with Gasteiger partial charge < -0.3 is 5.32 Å². The van der Waals surface area contributed by atoms with Gasteiger partial charge in [-0.05, 0) is 41.1 Å². The average molecular weight is 408 g/mol. The Morgan fingerprint density at radius 2 is 1.85 bits per heavy atom. The van der Waals surface area contributed by atoms with Crippen molar-refractivity contribution in [2.24, 2.45) is 0 Å². The van der Waals surface area contributed by atoms with Crippen LogP contribution in [0, 0.1) is 6.92 Å². The number of hydrogen-bond acceptors (Lipinski definition) is 4. The number of carbonyl (C=O) groups is 1. The van der Waals surface area contributed by atoms with Crippen LogP contribution in [0.4, 0.5) is 5.82 Å². The molecule has 1 N–H and O–H groups in total. The molecule has 0 aliphatic rings. The number of rotatable bonds is 3. The Bertz CT molecular complexity index is 1110. The van der Waals surface area contributed by atoms with E-state index in [0.29, 0.717) is 17.3 Å². The van der Waals surface area contributed by atoms with E-state index in [1.54, 1.807) is 18.2 Å². The lowest BCUT2D eigenvalue weighted by molar-refractivity contribution is 0.102. The van der Waals surface area contributed by atoms with E-state index in [9.17, 15) is 4.79 Å². The van der Waals surface area contributed by atoms with Crippen LogP contribution in [0.25, 0.3) is 17.0 Å². The van der Waals surface area contributed by atoms with Crippen LogP contribution < -0.4 is 5.32 Å². The predicted octanol–water partition coefficient (Wildman–Crippen LogP) is 4.11. The van der Waals surface area contributed by atoms with E-state index < -0.39 is 0 Å². The highest BCUT2D eigenvalue weighted by Gasteiger charge is 2.11. The lowest BCUT2D eigenvalue weighted by Crippen LogP contribution is -2.15. The normalized spacial score (nSPS) is 10.8. The highest BCUT2D eigenvalue weighted by Crippen LogP contribution is 2.19. The molecule has 128 valence electrons. The summed E-state index contributed by atoms with van der Waals surface area (Å²) in [6.07, 6.45) is 3.72. The lowest BCUT2D eigenvalue weighted by atomic mass is 10.2. The van der Waals surface area contributed by atoms with E-state index in [1.807, 2.05) is 54.0 Å². The molecule has 4 rings (SSSR count). The van der Waals surface area contributed by atoms with E-state index in [0.717, 1.165) is 21.4 Å². The van der Waals surface area contributed by atoms with Crippen LogP contribution in [0.1, 0.15) is 16.2 Å². The Morgan fingerprint density at radius 3 is 2.62 bits per heavy atom. The molecule has 0 fully saturated rings. The van der Waals surface area contributed by atoms with Gasteiger partial charge in [-0.1, -0.05) is 30.3 Å². The number of anilines is 1. The third-order valence-electron chi connectivity index (χ3n) is 3.89. The second-order valence-corrected chi connectivity index (χ2v) is 6.58. The Hall–Kier alpha value is -3.06. The maximum atomic E-state index is 12.4. The molecule has 0 saturated heterocycles. The van der Waals surface area contributed by atoms with Crippen molar-refractivity contribution in [3.8, 4) is 11.3 Å². The van der Waals surface area contributed by atoms with Gasteiger partial charge in [0.05, 0.1) is 11.4 Å². The van der Waals surface area contributed by atoms with Gasteiger partial charge in [-0.2, -0.15) is 4.98 Å². The molecule has 0 radical (unpaired) electrons. The van der Waals surface area contributed by atoms with Crippen molar-refractivity contribution < 1.29 is 4.79 Å². The third kappa shape index (κ3) is 3.21. The molecule has 0 aliphatic carbocycles. The molecule has 6 nitrogen and oxygen atoms in total. The van der Waals surface area contributed by atoms with Crippen LogP contribution >= 0.6 is 15.9 Å². The summed E-state index contributed by atoms with van der Waals surface area (Å²) in [5, 5.41) is 2.76. The van der Waals surface area contributed by atoms with Gasteiger partial charge in [-0.15, -0.1) is 0 Å². The molecule has 4 aromatic rings. The number of carbonyl (C=O) groups excluding carboxylic acids is 1. The van der Waals surface area contributed by atoms with Crippen molar-refractivity contribution in [1.29, 1.82) is 0 Å². The van der Waals surface area contributed by atoms with Crippen LogP contribution in [-0.2, 0) is 0 Å². The first kappa shape index (κ1) is 16.4. The van der Waals surface area contributed by atoms with Gasteiger partial charge in [0.2, 0.25) is 5.78 Å². The topological polar surface area (TPSA) is 72.2 Å². The third-order valence-corrected chi connectivity index (χ3v) is 4.73. The molecule has 26 heavy (non-hydrogen) atoms. The number of fused-ring (bicyclic) bond motifs is 1. The van der Waals surface area contributed by atoms with E-state index in [4.69, 9.17) is 0 Å². The summed E-state index contributed by atoms with van der Waals surface area (Å²) in [7, 11) is 0. The standard InChI is InChI=1S/C19H14BrN5O/c1-12-14(20)7-8-15(21-12)18(26)23-17-9-10-25-11-16(22-19(25)24-17)13-5-3-2-4-6-13/h2-11H,1H3,(H,22,23,24,26). The summed E-state index contributed by atoms with van der Waals surface area (Å²) in [5.41, 5.74) is 2.92. The summed E-state index contributed by atoms with van der Waals surface area (Å²) >= 11 is 3.38. The highest BCUT2D eigenvalue weighted by atomic mass is 79.9. The second-order valence-electron chi connectivity index (χ2n) is 5.73. The van der Waals surface area contributed by atoms with Crippen LogP contribution in [0.3, 0.4) is 0 Å². The zero-order chi connectivity index (χ0) is 18.1. The monoisotopic (exact) mass is 407 g/mol. The smallest absolute Gasteiger partial charge is 0.275 e. The first-order chi connectivity index (χ1) is 12.6. The summed E-state index contributed by atoms with van der Waals surface area (Å²) < 4.78 is 2.68. The minimum absolute atomic E-state index is 0.313. The Morgan fingerprint density at radius 1 is 1.04 bits per heavy atom. The second kappa shape index (κ2) is 6.68. The molecule has 0 aliphatic heterocycles. The van der Waals surface area contributed by atoms with Crippen molar-refractivity contribution in [3.63, 3.8) is 0 Å². The number of hydrogen-bond donors (Lipinski definition) is 1. The van der Waals surface area contributed by atoms with Crippen LogP contribution in [0.15, 0.2) is 65.4 Å². The van der Waals surface area contributed by atoms with E-state index >= 15 is 0 Å². The fourth-order valence-electron chi connectivity index (χ4n) is 2.54.